The van der Waals surface area contributed by atoms with Gasteiger partial charge >= 0.3 is 0 Å². The van der Waals surface area contributed by atoms with Crippen LogP contribution in [0.3, 0.4) is 0 Å². The summed E-state index contributed by atoms with van der Waals surface area (Å²) in [6.07, 6.45) is 0.742. The van der Waals surface area contributed by atoms with Crippen LogP contribution in [0.2, 0.25) is 0 Å². The third-order valence-electron chi connectivity index (χ3n) is 1.88. The Balaban J connectivity index is 2.46. The predicted octanol–water partition coefficient (Wildman–Crippen LogP) is 0.0432. The van der Waals surface area contributed by atoms with Gasteiger partial charge in [0.25, 0.3) is 5.91 Å². The van der Waals surface area contributed by atoms with Crippen molar-refractivity contribution in [2.24, 2.45) is 10.9 Å². The summed E-state index contributed by atoms with van der Waals surface area (Å²) in [5.41, 5.74) is 5.32. The van der Waals surface area contributed by atoms with E-state index < -0.39 is 5.91 Å². The lowest BCUT2D eigenvalue weighted by molar-refractivity contribution is -0.122. The third-order valence-corrected chi connectivity index (χ3v) is 1.88. The average Bonchev–Trinajstić information content (AvgIpc) is 2.30. The summed E-state index contributed by atoms with van der Waals surface area (Å²) in [5.74, 6) is -0.527. The number of amides is 1. The molecule has 0 spiro atoms. The number of oxime groups is 1. The Hall–Kier alpha value is -1.10. The number of primary amides is 1. The van der Waals surface area contributed by atoms with Crippen LogP contribution in [0.25, 0.3) is 0 Å². The van der Waals surface area contributed by atoms with E-state index in [0.29, 0.717) is 6.61 Å². The van der Waals surface area contributed by atoms with Gasteiger partial charge in [-0.2, -0.15) is 0 Å². The molecule has 13 heavy (non-hydrogen) atoms. The van der Waals surface area contributed by atoms with Crippen LogP contribution < -0.4 is 5.73 Å². The van der Waals surface area contributed by atoms with Crippen molar-refractivity contribution in [1.29, 1.82) is 0 Å². The first kappa shape index (κ1) is 9.98. The van der Waals surface area contributed by atoms with Gasteiger partial charge in [0, 0.05) is 6.42 Å². The fraction of sp³-hybridized carbons (Fsp3) is 0.750. The average molecular weight is 186 g/mol. The van der Waals surface area contributed by atoms with E-state index >= 15 is 0 Å². The lowest BCUT2D eigenvalue weighted by Gasteiger charge is -2.16. The van der Waals surface area contributed by atoms with Crippen LogP contribution in [-0.4, -0.2) is 30.4 Å². The van der Waals surface area contributed by atoms with E-state index in [1.165, 1.54) is 0 Å². The lowest BCUT2D eigenvalue weighted by Crippen LogP contribution is -2.28. The van der Waals surface area contributed by atoms with Crippen LogP contribution in [0.1, 0.15) is 20.3 Å². The largest absolute Gasteiger partial charge is 0.386 e. The van der Waals surface area contributed by atoms with Gasteiger partial charge in [0.15, 0.2) is 6.61 Å². The van der Waals surface area contributed by atoms with Gasteiger partial charge in [0.2, 0.25) is 0 Å². The molecule has 5 nitrogen and oxygen atoms in total. The molecule has 1 heterocycles. The molecule has 1 fully saturated rings. The predicted molar refractivity (Wildman–Crippen MR) is 47.2 cm³/mol. The van der Waals surface area contributed by atoms with E-state index in [4.69, 9.17) is 15.3 Å². The van der Waals surface area contributed by atoms with Gasteiger partial charge < -0.3 is 15.3 Å². The molecule has 1 aliphatic heterocycles. The maximum atomic E-state index is 10.3. The summed E-state index contributed by atoms with van der Waals surface area (Å²) >= 11 is 0. The fourth-order valence-electron chi connectivity index (χ4n) is 1.12. The molecular weight excluding hydrogens is 172 g/mol. The molecule has 1 saturated heterocycles. The van der Waals surface area contributed by atoms with Gasteiger partial charge in [-0.25, -0.2) is 0 Å². The lowest BCUT2D eigenvalue weighted by atomic mass is 10.0. The van der Waals surface area contributed by atoms with Gasteiger partial charge in [-0.3, -0.25) is 4.79 Å². The zero-order chi connectivity index (χ0) is 9.90. The zero-order valence-electron chi connectivity index (χ0n) is 7.87. The molecule has 0 bridgehead atoms. The molecule has 2 N–H and O–H groups in total. The number of carbonyl (C=O) groups is 1. The van der Waals surface area contributed by atoms with Crippen molar-refractivity contribution in [3.8, 4) is 0 Å². The van der Waals surface area contributed by atoms with E-state index in [9.17, 15) is 4.79 Å². The summed E-state index contributed by atoms with van der Waals surface area (Å²) in [6, 6.07) is 0. The Morgan fingerprint density at radius 2 is 2.46 bits per heavy atom. The van der Waals surface area contributed by atoms with E-state index in [1.54, 1.807) is 0 Å². The van der Waals surface area contributed by atoms with Crippen LogP contribution in [0, 0.1) is 0 Å². The third kappa shape index (κ3) is 2.69. The van der Waals surface area contributed by atoms with E-state index in [1.807, 2.05) is 13.8 Å². The molecule has 0 aromatic heterocycles. The molecule has 0 aromatic carbocycles. The number of nitrogens with zero attached hydrogens (tertiary/aromatic N) is 1. The smallest absolute Gasteiger partial charge is 0.258 e. The molecule has 74 valence electrons. The van der Waals surface area contributed by atoms with E-state index in [2.05, 4.69) is 5.16 Å². The molecule has 0 radical (unpaired) electrons. The highest BCUT2D eigenvalue weighted by Gasteiger charge is 2.32. The number of hydrogen-bond donors (Lipinski definition) is 1. The van der Waals surface area contributed by atoms with E-state index in [-0.39, 0.29) is 12.2 Å². The normalized spacial score (nSPS) is 23.4. The van der Waals surface area contributed by atoms with Crippen molar-refractivity contribution in [3.05, 3.63) is 0 Å². The number of ether oxygens (including phenoxy) is 1. The van der Waals surface area contributed by atoms with Crippen LogP contribution in [0.4, 0.5) is 0 Å². The standard InChI is InChI=1S/C8H14N2O3/c1-8(2)6(3-4-12-8)10-13-5-7(9)11/h3-5H2,1-2H3,(H2,9,11)/b10-6+. The van der Waals surface area contributed by atoms with Crippen molar-refractivity contribution in [3.63, 3.8) is 0 Å². The summed E-state index contributed by atoms with van der Waals surface area (Å²) in [5, 5.41) is 3.81. The molecule has 0 aromatic rings. The monoisotopic (exact) mass is 186 g/mol. The molecule has 0 saturated carbocycles. The number of rotatable bonds is 3. The quantitative estimate of drug-likeness (QED) is 0.632. The Labute approximate surface area is 76.9 Å². The zero-order valence-corrected chi connectivity index (χ0v) is 7.87. The van der Waals surface area contributed by atoms with Gasteiger partial charge in [-0.05, 0) is 13.8 Å². The molecule has 1 rings (SSSR count). The van der Waals surface area contributed by atoms with Crippen LogP contribution in [-0.2, 0) is 14.4 Å². The molecular formula is C8H14N2O3. The van der Waals surface area contributed by atoms with Crippen molar-refractivity contribution in [1.82, 2.24) is 0 Å². The molecule has 5 heteroatoms. The van der Waals surface area contributed by atoms with Crippen LogP contribution >= 0.6 is 0 Å². The minimum absolute atomic E-state index is 0.181. The van der Waals surface area contributed by atoms with Crippen molar-refractivity contribution >= 4 is 11.6 Å². The van der Waals surface area contributed by atoms with Crippen molar-refractivity contribution in [2.45, 2.75) is 25.9 Å². The minimum atomic E-state index is -0.527. The Morgan fingerprint density at radius 1 is 1.77 bits per heavy atom. The summed E-state index contributed by atoms with van der Waals surface area (Å²) in [6.45, 7) is 4.28. The molecule has 0 aliphatic carbocycles. The number of carbonyl (C=O) groups excluding carboxylic acids is 1. The molecule has 1 aliphatic rings. The first-order chi connectivity index (χ1) is 6.02. The van der Waals surface area contributed by atoms with Crippen LogP contribution in [0.5, 0.6) is 0 Å². The highest BCUT2D eigenvalue weighted by molar-refractivity contribution is 5.93. The van der Waals surface area contributed by atoms with Crippen LogP contribution in [0.15, 0.2) is 5.16 Å². The fourth-order valence-corrected chi connectivity index (χ4v) is 1.12. The SMILES string of the molecule is CC1(C)OCC/C1=N\OCC(N)=O. The summed E-state index contributed by atoms with van der Waals surface area (Å²) in [7, 11) is 0. The maximum absolute atomic E-state index is 10.3. The Morgan fingerprint density at radius 3 is 2.92 bits per heavy atom. The summed E-state index contributed by atoms with van der Waals surface area (Å²) in [4.78, 5) is 15.1. The Bertz CT molecular complexity index is 236. The van der Waals surface area contributed by atoms with Crippen molar-refractivity contribution < 1.29 is 14.4 Å². The first-order valence-corrected chi connectivity index (χ1v) is 4.14. The molecule has 0 atom stereocenters. The van der Waals surface area contributed by atoms with Gasteiger partial charge in [-0.1, -0.05) is 5.16 Å². The summed E-state index contributed by atoms with van der Waals surface area (Å²) < 4.78 is 5.38. The van der Waals surface area contributed by atoms with Gasteiger partial charge in [0.1, 0.15) is 5.60 Å². The minimum Gasteiger partial charge on any atom is -0.386 e. The first-order valence-electron chi connectivity index (χ1n) is 4.14. The Kier molecular flexibility index (Phi) is 2.87. The van der Waals surface area contributed by atoms with Crippen molar-refractivity contribution in [2.75, 3.05) is 13.2 Å². The number of hydrogen-bond acceptors (Lipinski definition) is 4. The molecule has 1 amide bonds. The number of nitrogens with two attached hydrogens (primary N) is 1. The van der Waals surface area contributed by atoms with E-state index in [0.717, 1.165) is 12.1 Å². The second kappa shape index (κ2) is 3.74. The highest BCUT2D eigenvalue weighted by atomic mass is 16.6. The second-order valence-electron chi connectivity index (χ2n) is 3.39. The maximum Gasteiger partial charge on any atom is 0.258 e. The topological polar surface area (TPSA) is 73.9 Å². The van der Waals surface area contributed by atoms with Gasteiger partial charge in [-0.15, -0.1) is 0 Å². The molecule has 0 unspecified atom stereocenters. The second-order valence-corrected chi connectivity index (χ2v) is 3.39. The highest BCUT2D eigenvalue weighted by Crippen LogP contribution is 2.21. The van der Waals surface area contributed by atoms with Gasteiger partial charge in [0.05, 0.1) is 12.3 Å².